The molecule has 0 atom stereocenters. The Bertz CT molecular complexity index is 596. The molecular formula is C13H12N2O4. The minimum Gasteiger partial charge on any atom is -0.497 e. The first-order chi connectivity index (χ1) is 9.10. The normalized spacial score (nSPS) is 9.95. The summed E-state index contributed by atoms with van der Waals surface area (Å²) in [7, 11) is 1.56. The maximum absolute atomic E-state index is 10.7. The summed E-state index contributed by atoms with van der Waals surface area (Å²) in [5, 5.41) is 10.7. The molecule has 0 aromatic heterocycles. The van der Waals surface area contributed by atoms with Crippen LogP contribution >= 0.6 is 0 Å². The Kier molecular flexibility index (Phi) is 3.51. The minimum absolute atomic E-state index is 0.0716. The molecule has 0 amide bonds. The lowest BCUT2D eigenvalue weighted by Gasteiger charge is -2.08. The highest BCUT2D eigenvalue weighted by Gasteiger charge is 2.10. The van der Waals surface area contributed by atoms with Crippen LogP contribution in [0.2, 0.25) is 0 Å². The average Bonchev–Trinajstić information content (AvgIpc) is 2.42. The van der Waals surface area contributed by atoms with Crippen molar-refractivity contribution in [1.82, 2.24) is 0 Å². The molecule has 0 saturated heterocycles. The first kappa shape index (κ1) is 12.7. The second-order valence-electron chi connectivity index (χ2n) is 3.76. The number of hydrogen-bond donors (Lipinski definition) is 1. The van der Waals surface area contributed by atoms with Crippen LogP contribution in [0.3, 0.4) is 0 Å². The van der Waals surface area contributed by atoms with Crippen molar-refractivity contribution < 1.29 is 14.4 Å². The van der Waals surface area contributed by atoms with Gasteiger partial charge in [0.2, 0.25) is 0 Å². The van der Waals surface area contributed by atoms with Gasteiger partial charge in [0.25, 0.3) is 5.69 Å². The van der Waals surface area contributed by atoms with Crippen LogP contribution in [0.1, 0.15) is 0 Å². The van der Waals surface area contributed by atoms with Gasteiger partial charge in [-0.15, -0.1) is 0 Å². The molecule has 2 aromatic carbocycles. The second-order valence-corrected chi connectivity index (χ2v) is 3.76. The number of ether oxygens (including phenoxy) is 2. The Balaban J connectivity index is 2.26. The number of hydrogen-bond acceptors (Lipinski definition) is 5. The van der Waals surface area contributed by atoms with Gasteiger partial charge in [-0.25, -0.2) is 0 Å². The Morgan fingerprint density at radius 2 is 1.74 bits per heavy atom. The number of nitrogens with two attached hydrogens (primary N) is 1. The molecule has 0 radical (unpaired) electrons. The zero-order chi connectivity index (χ0) is 13.8. The first-order valence-corrected chi connectivity index (χ1v) is 5.46. The van der Waals surface area contributed by atoms with Crippen LogP contribution in [0.15, 0.2) is 42.5 Å². The van der Waals surface area contributed by atoms with Gasteiger partial charge in [-0.3, -0.25) is 10.1 Å². The van der Waals surface area contributed by atoms with Crippen LogP contribution in [0.4, 0.5) is 11.4 Å². The molecule has 0 fully saturated rings. The van der Waals surface area contributed by atoms with E-state index < -0.39 is 4.92 Å². The van der Waals surface area contributed by atoms with Crippen molar-refractivity contribution in [2.24, 2.45) is 0 Å². The molecule has 0 unspecified atom stereocenters. The molecule has 19 heavy (non-hydrogen) atoms. The highest BCUT2D eigenvalue weighted by atomic mass is 16.6. The van der Waals surface area contributed by atoms with E-state index in [1.807, 2.05) is 0 Å². The SMILES string of the molecule is COc1ccc(Oc2cc([N+](=O)[O-])ccc2N)cc1. The van der Waals surface area contributed by atoms with E-state index in [0.717, 1.165) is 0 Å². The van der Waals surface area contributed by atoms with Crippen molar-refractivity contribution in [2.45, 2.75) is 0 Å². The molecular weight excluding hydrogens is 248 g/mol. The molecule has 0 saturated carbocycles. The lowest BCUT2D eigenvalue weighted by Crippen LogP contribution is -1.95. The third-order valence-electron chi connectivity index (χ3n) is 2.50. The average molecular weight is 260 g/mol. The van der Waals surface area contributed by atoms with Crippen LogP contribution in [-0.2, 0) is 0 Å². The van der Waals surface area contributed by atoms with E-state index in [0.29, 0.717) is 17.2 Å². The van der Waals surface area contributed by atoms with E-state index in [2.05, 4.69) is 0 Å². The standard InChI is InChI=1S/C13H12N2O4/c1-18-10-3-5-11(6-4-10)19-13-8-9(15(16)17)2-7-12(13)14/h2-8H,14H2,1H3. The van der Waals surface area contributed by atoms with Crippen molar-refractivity contribution in [3.63, 3.8) is 0 Å². The number of rotatable bonds is 4. The fraction of sp³-hybridized carbons (Fsp3) is 0.0769. The summed E-state index contributed by atoms with van der Waals surface area (Å²) in [6.07, 6.45) is 0. The predicted molar refractivity (Wildman–Crippen MR) is 70.6 cm³/mol. The monoisotopic (exact) mass is 260 g/mol. The number of nitrogens with zero attached hydrogens (tertiary/aromatic N) is 1. The van der Waals surface area contributed by atoms with Gasteiger partial charge in [-0.2, -0.15) is 0 Å². The Labute approximate surface area is 109 Å². The maximum atomic E-state index is 10.7. The molecule has 6 nitrogen and oxygen atoms in total. The van der Waals surface area contributed by atoms with Gasteiger partial charge in [0.05, 0.1) is 23.8 Å². The van der Waals surface area contributed by atoms with Crippen molar-refractivity contribution >= 4 is 11.4 Å². The smallest absolute Gasteiger partial charge is 0.273 e. The summed E-state index contributed by atoms with van der Waals surface area (Å²) in [6, 6.07) is 10.9. The fourth-order valence-corrected chi connectivity index (χ4v) is 1.50. The molecule has 0 aliphatic heterocycles. The van der Waals surface area contributed by atoms with Crippen LogP contribution in [-0.4, -0.2) is 12.0 Å². The van der Waals surface area contributed by atoms with Crippen molar-refractivity contribution in [3.8, 4) is 17.2 Å². The lowest BCUT2D eigenvalue weighted by molar-refractivity contribution is -0.384. The summed E-state index contributed by atoms with van der Waals surface area (Å²) in [6.45, 7) is 0. The van der Waals surface area contributed by atoms with Gasteiger partial charge in [0.1, 0.15) is 11.5 Å². The third kappa shape index (κ3) is 2.92. The molecule has 0 spiro atoms. The Morgan fingerprint density at radius 1 is 1.11 bits per heavy atom. The Hall–Kier alpha value is -2.76. The van der Waals surface area contributed by atoms with Gasteiger partial charge in [-0.05, 0) is 30.3 Å². The largest absolute Gasteiger partial charge is 0.497 e. The Morgan fingerprint density at radius 3 is 2.32 bits per heavy atom. The minimum atomic E-state index is -0.500. The van der Waals surface area contributed by atoms with Crippen LogP contribution in [0.5, 0.6) is 17.2 Å². The molecule has 0 heterocycles. The number of nitrogen functional groups attached to an aromatic ring is 1. The third-order valence-corrected chi connectivity index (χ3v) is 2.50. The zero-order valence-corrected chi connectivity index (χ0v) is 10.2. The zero-order valence-electron chi connectivity index (χ0n) is 10.2. The molecule has 6 heteroatoms. The summed E-state index contributed by atoms with van der Waals surface area (Å²) in [4.78, 5) is 10.2. The molecule has 0 bridgehead atoms. The molecule has 98 valence electrons. The van der Waals surface area contributed by atoms with Crippen LogP contribution in [0.25, 0.3) is 0 Å². The molecule has 2 aromatic rings. The van der Waals surface area contributed by atoms with Crippen molar-refractivity contribution in [2.75, 3.05) is 12.8 Å². The van der Waals surface area contributed by atoms with Gasteiger partial charge in [0, 0.05) is 6.07 Å². The van der Waals surface area contributed by atoms with E-state index in [4.69, 9.17) is 15.2 Å². The van der Waals surface area contributed by atoms with Crippen molar-refractivity contribution in [3.05, 3.63) is 52.6 Å². The summed E-state index contributed by atoms with van der Waals surface area (Å²) in [5.41, 5.74) is 5.98. The van der Waals surface area contributed by atoms with Crippen LogP contribution < -0.4 is 15.2 Å². The quantitative estimate of drug-likeness (QED) is 0.518. The number of nitro benzene ring substituents is 1. The second kappa shape index (κ2) is 5.26. The summed E-state index contributed by atoms with van der Waals surface area (Å²) < 4.78 is 10.5. The van der Waals surface area contributed by atoms with Gasteiger partial charge in [-0.1, -0.05) is 0 Å². The number of anilines is 1. The molecule has 0 aliphatic rings. The van der Waals surface area contributed by atoms with E-state index in [1.54, 1.807) is 31.4 Å². The fourth-order valence-electron chi connectivity index (χ4n) is 1.50. The van der Waals surface area contributed by atoms with Crippen LogP contribution in [0, 0.1) is 10.1 Å². The van der Waals surface area contributed by atoms with E-state index in [-0.39, 0.29) is 11.4 Å². The predicted octanol–water partition coefficient (Wildman–Crippen LogP) is 2.98. The van der Waals surface area contributed by atoms with Crippen molar-refractivity contribution in [1.29, 1.82) is 0 Å². The van der Waals surface area contributed by atoms with E-state index in [1.165, 1.54) is 18.2 Å². The van der Waals surface area contributed by atoms with Gasteiger partial charge >= 0.3 is 0 Å². The molecule has 0 aliphatic carbocycles. The maximum Gasteiger partial charge on any atom is 0.273 e. The number of methoxy groups -OCH3 is 1. The van der Waals surface area contributed by atoms with Gasteiger partial charge in [0.15, 0.2) is 5.75 Å². The number of benzene rings is 2. The molecule has 2 N–H and O–H groups in total. The van der Waals surface area contributed by atoms with Gasteiger partial charge < -0.3 is 15.2 Å². The van der Waals surface area contributed by atoms with E-state index >= 15 is 0 Å². The summed E-state index contributed by atoms with van der Waals surface area (Å²) >= 11 is 0. The first-order valence-electron chi connectivity index (χ1n) is 5.46. The number of non-ortho nitro benzene ring substituents is 1. The van der Waals surface area contributed by atoms with E-state index in [9.17, 15) is 10.1 Å². The molecule has 2 rings (SSSR count). The highest BCUT2D eigenvalue weighted by Crippen LogP contribution is 2.31. The lowest BCUT2D eigenvalue weighted by atomic mass is 10.2. The summed E-state index contributed by atoms with van der Waals surface area (Å²) in [5.74, 6) is 1.46. The highest BCUT2D eigenvalue weighted by molar-refractivity contribution is 5.58. The topological polar surface area (TPSA) is 87.6 Å². The number of nitro groups is 1.